The molecule has 0 heterocycles. The molecule has 0 aromatic heterocycles. The maximum Gasteiger partial charge on any atom is 0.254 e. The lowest BCUT2D eigenvalue weighted by Crippen LogP contribution is -2.32. The topological polar surface area (TPSA) is 20.3 Å². The number of hydrogen-bond donors (Lipinski definition) is 0. The van der Waals surface area contributed by atoms with Crippen LogP contribution in [0.15, 0.2) is 41.3 Å². The zero-order chi connectivity index (χ0) is 12.8. The zero-order valence-corrected chi connectivity index (χ0v) is 11.5. The fourth-order valence-electron chi connectivity index (χ4n) is 1.57. The molecule has 1 aromatic rings. The van der Waals surface area contributed by atoms with E-state index in [4.69, 9.17) is 0 Å². The Hall–Kier alpha value is -1.22. The molecule has 92 valence electrons. The van der Waals surface area contributed by atoms with Gasteiger partial charge in [0, 0.05) is 23.5 Å². The Morgan fingerprint density at radius 3 is 2.35 bits per heavy atom. The highest BCUT2D eigenvalue weighted by Gasteiger charge is 2.13. The highest BCUT2D eigenvalue weighted by Crippen LogP contribution is 2.16. The van der Waals surface area contributed by atoms with Crippen molar-refractivity contribution in [3.05, 3.63) is 42.0 Å². The number of nitrogens with zero attached hydrogens (tertiary/aromatic N) is 1. The first-order valence-corrected chi connectivity index (χ1v) is 6.88. The summed E-state index contributed by atoms with van der Waals surface area (Å²) in [6, 6.07) is 7.73. The van der Waals surface area contributed by atoms with Crippen molar-refractivity contribution in [3.63, 3.8) is 0 Å². The standard InChI is InChI=1S/C14H19NOS/c1-5-15(10-11(2)3)14(16)12-6-8-13(17-4)9-7-12/h6-9H,2,5,10H2,1,3-4H3. The second-order valence-electron chi connectivity index (χ2n) is 4.00. The summed E-state index contributed by atoms with van der Waals surface area (Å²) >= 11 is 1.67. The fourth-order valence-corrected chi connectivity index (χ4v) is 1.98. The van der Waals surface area contributed by atoms with Crippen LogP contribution in [0.2, 0.25) is 0 Å². The minimum Gasteiger partial charge on any atom is -0.335 e. The molecule has 0 unspecified atom stereocenters. The smallest absolute Gasteiger partial charge is 0.254 e. The summed E-state index contributed by atoms with van der Waals surface area (Å²) in [5, 5.41) is 0. The minimum atomic E-state index is 0.0724. The summed E-state index contributed by atoms with van der Waals surface area (Å²) in [4.78, 5) is 15.2. The van der Waals surface area contributed by atoms with Crippen LogP contribution in [-0.2, 0) is 0 Å². The number of amides is 1. The van der Waals surface area contributed by atoms with Crippen LogP contribution in [0.4, 0.5) is 0 Å². The largest absolute Gasteiger partial charge is 0.335 e. The zero-order valence-electron chi connectivity index (χ0n) is 10.7. The maximum absolute atomic E-state index is 12.2. The van der Waals surface area contributed by atoms with E-state index >= 15 is 0 Å². The van der Waals surface area contributed by atoms with Gasteiger partial charge in [-0.1, -0.05) is 12.2 Å². The predicted octanol–water partition coefficient (Wildman–Crippen LogP) is 3.45. The van der Waals surface area contributed by atoms with Crippen molar-refractivity contribution in [1.82, 2.24) is 4.90 Å². The Kier molecular flexibility index (Phi) is 5.29. The lowest BCUT2D eigenvalue weighted by atomic mass is 10.2. The molecule has 0 N–H and O–H groups in total. The summed E-state index contributed by atoms with van der Waals surface area (Å²) in [6.07, 6.45) is 2.02. The fraction of sp³-hybridized carbons (Fsp3) is 0.357. The molecular weight excluding hydrogens is 230 g/mol. The van der Waals surface area contributed by atoms with Gasteiger partial charge in [-0.2, -0.15) is 0 Å². The summed E-state index contributed by atoms with van der Waals surface area (Å²) in [6.45, 7) is 9.10. The van der Waals surface area contributed by atoms with E-state index in [9.17, 15) is 4.79 Å². The van der Waals surface area contributed by atoms with E-state index < -0.39 is 0 Å². The quantitative estimate of drug-likeness (QED) is 0.588. The molecule has 0 fully saturated rings. The summed E-state index contributed by atoms with van der Waals surface area (Å²) in [7, 11) is 0. The van der Waals surface area contributed by atoms with Gasteiger partial charge >= 0.3 is 0 Å². The second kappa shape index (κ2) is 6.50. The average Bonchev–Trinajstić information content (AvgIpc) is 2.35. The third kappa shape index (κ3) is 3.93. The number of rotatable bonds is 5. The summed E-state index contributed by atoms with van der Waals surface area (Å²) in [5.74, 6) is 0.0724. The Labute approximate surface area is 108 Å². The summed E-state index contributed by atoms with van der Waals surface area (Å²) < 4.78 is 0. The highest BCUT2D eigenvalue weighted by molar-refractivity contribution is 7.98. The molecule has 2 nitrogen and oxygen atoms in total. The van der Waals surface area contributed by atoms with Crippen LogP contribution in [0.1, 0.15) is 24.2 Å². The lowest BCUT2D eigenvalue weighted by Gasteiger charge is -2.21. The van der Waals surface area contributed by atoms with Gasteiger partial charge < -0.3 is 4.90 Å². The normalized spacial score (nSPS) is 10.1. The van der Waals surface area contributed by atoms with E-state index in [1.165, 1.54) is 4.90 Å². The van der Waals surface area contributed by atoms with E-state index in [0.29, 0.717) is 13.1 Å². The number of benzene rings is 1. The second-order valence-corrected chi connectivity index (χ2v) is 4.88. The first-order chi connectivity index (χ1) is 8.08. The van der Waals surface area contributed by atoms with Crippen LogP contribution in [0.25, 0.3) is 0 Å². The molecule has 0 saturated carbocycles. The van der Waals surface area contributed by atoms with Crippen molar-refractivity contribution in [1.29, 1.82) is 0 Å². The van der Waals surface area contributed by atoms with Gasteiger partial charge in [0.2, 0.25) is 0 Å². The number of thioether (sulfide) groups is 1. The van der Waals surface area contributed by atoms with E-state index in [1.807, 2.05) is 44.4 Å². The van der Waals surface area contributed by atoms with Crippen molar-refractivity contribution in [2.45, 2.75) is 18.7 Å². The molecule has 0 saturated heterocycles. The molecule has 0 aliphatic rings. The molecule has 3 heteroatoms. The number of carbonyl (C=O) groups excluding carboxylic acids is 1. The van der Waals surface area contributed by atoms with E-state index in [0.717, 1.165) is 11.1 Å². The van der Waals surface area contributed by atoms with Crippen LogP contribution in [-0.4, -0.2) is 30.2 Å². The van der Waals surface area contributed by atoms with Gasteiger partial charge in [-0.15, -0.1) is 11.8 Å². The summed E-state index contributed by atoms with van der Waals surface area (Å²) in [5.41, 5.74) is 1.74. The monoisotopic (exact) mass is 249 g/mol. The minimum absolute atomic E-state index is 0.0724. The molecule has 0 spiro atoms. The van der Waals surface area contributed by atoms with Crippen molar-refractivity contribution >= 4 is 17.7 Å². The molecule has 1 rings (SSSR count). The van der Waals surface area contributed by atoms with Gasteiger partial charge in [0.25, 0.3) is 5.91 Å². The van der Waals surface area contributed by atoms with Crippen molar-refractivity contribution in [2.75, 3.05) is 19.3 Å². The SMILES string of the molecule is C=C(C)CN(CC)C(=O)c1ccc(SC)cc1. The van der Waals surface area contributed by atoms with Gasteiger partial charge in [-0.25, -0.2) is 0 Å². The molecule has 0 aliphatic heterocycles. The highest BCUT2D eigenvalue weighted by atomic mass is 32.2. The molecule has 0 aliphatic carbocycles. The first-order valence-electron chi connectivity index (χ1n) is 5.66. The molecule has 0 atom stereocenters. The Bertz CT molecular complexity index is 397. The molecule has 0 bridgehead atoms. The van der Waals surface area contributed by atoms with Gasteiger partial charge in [0.1, 0.15) is 0 Å². The van der Waals surface area contributed by atoms with Gasteiger partial charge in [0.15, 0.2) is 0 Å². The van der Waals surface area contributed by atoms with E-state index in [-0.39, 0.29) is 5.91 Å². The number of carbonyl (C=O) groups is 1. The molecule has 1 aromatic carbocycles. The lowest BCUT2D eigenvalue weighted by molar-refractivity contribution is 0.0778. The van der Waals surface area contributed by atoms with Crippen molar-refractivity contribution in [3.8, 4) is 0 Å². The van der Waals surface area contributed by atoms with Crippen LogP contribution >= 0.6 is 11.8 Å². The van der Waals surface area contributed by atoms with Crippen LogP contribution in [0.5, 0.6) is 0 Å². The molecule has 17 heavy (non-hydrogen) atoms. The first kappa shape index (κ1) is 13.8. The van der Waals surface area contributed by atoms with E-state index in [1.54, 1.807) is 16.7 Å². The van der Waals surface area contributed by atoms with Crippen LogP contribution < -0.4 is 0 Å². The molecular formula is C14H19NOS. The van der Waals surface area contributed by atoms with Crippen molar-refractivity contribution < 1.29 is 4.79 Å². The third-order valence-corrected chi connectivity index (χ3v) is 3.21. The Balaban J connectivity index is 2.82. The number of hydrogen-bond acceptors (Lipinski definition) is 2. The average molecular weight is 249 g/mol. The van der Waals surface area contributed by atoms with Crippen LogP contribution in [0, 0.1) is 0 Å². The molecule has 1 amide bonds. The van der Waals surface area contributed by atoms with Gasteiger partial charge in [0.05, 0.1) is 0 Å². The Morgan fingerprint density at radius 1 is 1.35 bits per heavy atom. The van der Waals surface area contributed by atoms with E-state index in [2.05, 4.69) is 6.58 Å². The van der Waals surface area contributed by atoms with Crippen molar-refractivity contribution in [2.24, 2.45) is 0 Å². The van der Waals surface area contributed by atoms with Gasteiger partial charge in [-0.05, 0) is 44.4 Å². The third-order valence-electron chi connectivity index (χ3n) is 2.47. The number of likely N-dealkylation sites (N-methyl/N-ethyl adjacent to an activating group) is 1. The maximum atomic E-state index is 12.2. The predicted molar refractivity (Wildman–Crippen MR) is 74.6 cm³/mol. The van der Waals surface area contributed by atoms with Gasteiger partial charge in [-0.3, -0.25) is 4.79 Å². The molecule has 0 radical (unpaired) electrons. The van der Waals surface area contributed by atoms with Crippen LogP contribution in [0.3, 0.4) is 0 Å². The Morgan fingerprint density at radius 2 is 1.94 bits per heavy atom.